The fourth-order valence-corrected chi connectivity index (χ4v) is 2.29. The van der Waals surface area contributed by atoms with Gasteiger partial charge in [-0.05, 0) is 37.6 Å². The van der Waals surface area contributed by atoms with Crippen LogP contribution in [-0.2, 0) is 11.8 Å². The fraction of sp³-hybridized carbons (Fsp3) is 0.312. The van der Waals surface area contributed by atoms with Crippen molar-refractivity contribution in [3.8, 4) is 0 Å². The van der Waals surface area contributed by atoms with Gasteiger partial charge in [0.25, 0.3) is 0 Å². The third-order valence-corrected chi connectivity index (χ3v) is 3.73. The van der Waals surface area contributed by atoms with Crippen LogP contribution >= 0.6 is 15.9 Å². The first-order valence-electron chi connectivity index (χ1n) is 7.36. The van der Waals surface area contributed by atoms with Crippen molar-refractivity contribution < 1.29 is 4.79 Å². The van der Waals surface area contributed by atoms with Gasteiger partial charge in [0.15, 0.2) is 0 Å². The first kappa shape index (κ1) is 17.2. The Kier molecular flexibility index (Phi) is 6.34. The van der Waals surface area contributed by atoms with E-state index in [4.69, 9.17) is 0 Å². The van der Waals surface area contributed by atoms with Gasteiger partial charge in [-0.3, -0.25) is 9.48 Å². The number of nitrogens with one attached hydrogen (secondary N) is 2. The number of aryl methyl sites for hydroxylation is 2. The molecule has 0 saturated carbocycles. The van der Waals surface area contributed by atoms with Crippen LogP contribution in [0.5, 0.6) is 0 Å². The van der Waals surface area contributed by atoms with Crippen molar-refractivity contribution in [2.24, 2.45) is 12.1 Å². The summed E-state index contributed by atoms with van der Waals surface area (Å²) in [4.78, 5) is 11.7. The second kappa shape index (κ2) is 8.47. The standard InChI is InChI=1S/C16H20BrN5O/c1-12-13(11-22(2)21-12)10-19-20-16(23)4-3-9-18-15-7-5-14(17)6-8-15/h5-8,10-11,18H,3-4,9H2,1-2H3,(H,20,23)/b19-10-. The van der Waals surface area contributed by atoms with E-state index in [0.29, 0.717) is 6.42 Å². The molecule has 0 fully saturated rings. The van der Waals surface area contributed by atoms with Crippen LogP contribution in [0.25, 0.3) is 0 Å². The molecule has 0 radical (unpaired) electrons. The van der Waals surface area contributed by atoms with Crippen LogP contribution in [0.4, 0.5) is 5.69 Å². The van der Waals surface area contributed by atoms with Crippen molar-refractivity contribution in [2.75, 3.05) is 11.9 Å². The molecular formula is C16H20BrN5O. The smallest absolute Gasteiger partial charge is 0.240 e. The quantitative estimate of drug-likeness (QED) is 0.442. The maximum absolute atomic E-state index is 11.7. The van der Waals surface area contributed by atoms with Crippen LogP contribution in [0.2, 0.25) is 0 Å². The molecule has 0 bridgehead atoms. The summed E-state index contributed by atoms with van der Waals surface area (Å²) < 4.78 is 2.76. The predicted octanol–water partition coefficient (Wildman–Crippen LogP) is 2.83. The van der Waals surface area contributed by atoms with E-state index in [0.717, 1.165) is 34.4 Å². The monoisotopic (exact) mass is 377 g/mol. The fourth-order valence-electron chi connectivity index (χ4n) is 2.02. The Balaban J connectivity index is 1.65. The van der Waals surface area contributed by atoms with Crippen molar-refractivity contribution in [2.45, 2.75) is 19.8 Å². The van der Waals surface area contributed by atoms with Gasteiger partial charge in [-0.15, -0.1) is 0 Å². The summed E-state index contributed by atoms with van der Waals surface area (Å²) in [7, 11) is 1.85. The summed E-state index contributed by atoms with van der Waals surface area (Å²) in [5.41, 5.74) is 5.35. The van der Waals surface area contributed by atoms with E-state index in [1.807, 2.05) is 44.4 Å². The van der Waals surface area contributed by atoms with Gasteiger partial charge in [-0.25, -0.2) is 5.43 Å². The molecule has 0 aliphatic rings. The summed E-state index contributed by atoms with van der Waals surface area (Å²) in [5.74, 6) is -0.0969. The highest BCUT2D eigenvalue weighted by Gasteiger charge is 2.01. The van der Waals surface area contributed by atoms with Crippen molar-refractivity contribution in [3.05, 3.63) is 46.2 Å². The topological polar surface area (TPSA) is 71.3 Å². The number of nitrogens with zero attached hydrogens (tertiary/aromatic N) is 3. The van der Waals surface area contributed by atoms with Crippen LogP contribution < -0.4 is 10.7 Å². The average Bonchev–Trinajstić information content (AvgIpc) is 2.83. The van der Waals surface area contributed by atoms with Gasteiger partial charge < -0.3 is 5.32 Å². The second-order valence-electron chi connectivity index (χ2n) is 5.17. The summed E-state index contributed by atoms with van der Waals surface area (Å²) >= 11 is 3.39. The molecule has 2 rings (SSSR count). The number of carbonyl (C=O) groups is 1. The lowest BCUT2D eigenvalue weighted by molar-refractivity contribution is -0.121. The molecule has 0 atom stereocenters. The summed E-state index contributed by atoms with van der Waals surface area (Å²) in [5, 5.41) is 11.4. The number of hydrogen-bond acceptors (Lipinski definition) is 4. The van der Waals surface area contributed by atoms with Gasteiger partial charge in [0.05, 0.1) is 11.9 Å². The summed E-state index contributed by atoms with van der Waals surface area (Å²) in [6.45, 7) is 2.64. The van der Waals surface area contributed by atoms with Crippen LogP contribution in [0.15, 0.2) is 40.0 Å². The van der Waals surface area contributed by atoms with Gasteiger partial charge >= 0.3 is 0 Å². The highest BCUT2D eigenvalue weighted by Crippen LogP contribution is 2.13. The maximum Gasteiger partial charge on any atom is 0.240 e. The van der Waals surface area contributed by atoms with E-state index in [1.54, 1.807) is 10.9 Å². The molecule has 2 N–H and O–H groups in total. The first-order valence-corrected chi connectivity index (χ1v) is 8.15. The predicted molar refractivity (Wildman–Crippen MR) is 95.5 cm³/mol. The van der Waals surface area contributed by atoms with E-state index < -0.39 is 0 Å². The Morgan fingerprint density at radius 3 is 2.78 bits per heavy atom. The number of hydrogen-bond donors (Lipinski definition) is 2. The van der Waals surface area contributed by atoms with Crippen LogP contribution in [0.1, 0.15) is 24.1 Å². The van der Waals surface area contributed by atoms with E-state index >= 15 is 0 Å². The minimum Gasteiger partial charge on any atom is -0.385 e. The number of halogens is 1. The summed E-state index contributed by atoms with van der Waals surface area (Å²) in [6, 6.07) is 7.93. The Hall–Kier alpha value is -2.15. The normalized spacial score (nSPS) is 10.9. The molecule has 1 aromatic carbocycles. The number of amides is 1. The number of anilines is 1. The van der Waals surface area contributed by atoms with Crippen molar-refractivity contribution in [3.63, 3.8) is 0 Å². The molecule has 0 saturated heterocycles. The number of carbonyl (C=O) groups excluding carboxylic acids is 1. The Labute approximate surface area is 144 Å². The van der Waals surface area contributed by atoms with Gasteiger partial charge in [0, 0.05) is 41.9 Å². The van der Waals surface area contributed by atoms with Gasteiger partial charge in [-0.1, -0.05) is 15.9 Å². The molecule has 0 aliphatic carbocycles. The van der Waals surface area contributed by atoms with Gasteiger partial charge in [0.2, 0.25) is 5.91 Å². The second-order valence-corrected chi connectivity index (χ2v) is 6.09. The molecule has 0 aliphatic heterocycles. The van der Waals surface area contributed by atoms with Gasteiger partial charge in [0.1, 0.15) is 0 Å². The zero-order valence-corrected chi connectivity index (χ0v) is 14.8. The Bertz CT molecular complexity index is 678. The molecule has 0 unspecified atom stereocenters. The van der Waals surface area contributed by atoms with Crippen LogP contribution in [0.3, 0.4) is 0 Å². The number of benzene rings is 1. The minimum absolute atomic E-state index is 0.0969. The molecule has 0 spiro atoms. The molecular weight excluding hydrogens is 358 g/mol. The SMILES string of the molecule is Cc1nn(C)cc1/C=N\NC(=O)CCCNc1ccc(Br)cc1. The van der Waals surface area contributed by atoms with E-state index in [-0.39, 0.29) is 5.91 Å². The lowest BCUT2D eigenvalue weighted by Crippen LogP contribution is -2.18. The molecule has 1 amide bonds. The van der Waals surface area contributed by atoms with Crippen LogP contribution in [-0.4, -0.2) is 28.4 Å². The largest absolute Gasteiger partial charge is 0.385 e. The highest BCUT2D eigenvalue weighted by molar-refractivity contribution is 9.10. The zero-order chi connectivity index (χ0) is 16.7. The molecule has 1 heterocycles. The average molecular weight is 378 g/mol. The lowest BCUT2D eigenvalue weighted by Gasteiger charge is -2.05. The van der Waals surface area contributed by atoms with Crippen LogP contribution in [0, 0.1) is 6.92 Å². The van der Waals surface area contributed by atoms with Crippen molar-refractivity contribution >= 4 is 33.7 Å². The van der Waals surface area contributed by atoms with Crippen molar-refractivity contribution in [1.29, 1.82) is 0 Å². The highest BCUT2D eigenvalue weighted by atomic mass is 79.9. The summed E-state index contributed by atoms with van der Waals surface area (Å²) in [6.07, 6.45) is 4.63. The van der Waals surface area contributed by atoms with E-state index in [1.165, 1.54) is 0 Å². The maximum atomic E-state index is 11.7. The Morgan fingerprint density at radius 2 is 2.13 bits per heavy atom. The molecule has 23 heavy (non-hydrogen) atoms. The first-order chi connectivity index (χ1) is 11.0. The van der Waals surface area contributed by atoms with E-state index in [9.17, 15) is 4.79 Å². The lowest BCUT2D eigenvalue weighted by atomic mass is 10.2. The Morgan fingerprint density at radius 1 is 1.39 bits per heavy atom. The minimum atomic E-state index is -0.0969. The van der Waals surface area contributed by atoms with Gasteiger partial charge in [-0.2, -0.15) is 10.2 Å². The molecule has 6 nitrogen and oxygen atoms in total. The molecule has 7 heteroatoms. The number of aromatic nitrogens is 2. The zero-order valence-electron chi connectivity index (χ0n) is 13.2. The molecule has 122 valence electrons. The van der Waals surface area contributed by atoms with E-state index in [2.05, 4.69) is 36.9 Å². The third-order valence-electron chi connectivity index (χ3n) is 3.20. The molecule has 1 aromatic heterocycles. The third kappa shape index (κ3) is 5.86. The molecule has 2 aromatic rings. The number of rotatable bonds is 7. The number of hydrazone groups is 1. The van der Waals surface area contributed by atoms with Crippen molar-refractivity contribution in [1.82, 2.24) is 15.2 Å².